The second kappa shape index (κ2) is 6.06. The SMILES string of the molecule is CCn1c(C)cc(CNCCc2cnn(C)c2)c1C. The summed E-state index contributed by atoms with van der Waals surface area (Å²) in [4.78, 5) is 0. The number of nitrogens with one attached hydrogen (secondary N) is 1. The van der Waals surface area contributed by atoms with Gasteiger partial charge >= 0.3 is 0 Å². The Bertz CT molecular complexity index is 536. The van der Waals surface area contributed by atoms with E-state index >= 15 is 0 Å². The number of aryl methyl sites for hydroxylation is 2. The Kier molecular flexibility index (Phi) is 4.43. The molecule has 1 N–H and O–H groups in total. The van der Waals surface area contributed by atoms with Crippen LogP contribution in [-0.2, 0) is 26.6 Å². The Labute approximate surface area is 115 Å². The number of hydrogen-bond acceptors (Lipinski definition) is 2. The van der Waals surface area contributed by atoms with Gasteiger partial charge in [-0.15, -0.1) is 0 Å². The average molecular weight is 260 g/mol. The van der Waals surface area contributed by atoms with Crippen molar-refractivity contribution in [1.29, 1.82) is 0 Å². The lowest BCUT2D eigenvalue weighted by atomic mass is 10.2. The highest BCUT2D eigenvalue weighted by molar-refractivity contribution is 5.26. The molecule has 0 atom stereocenters. The first-order valence-electron chi connectivity index (χ1n) is 6.95. The van der Waals surface area contributed by atoms with Crippen LogP contribution in [0.2, 0.25) is 0 Å². The molecule has 0 amide bonds. The van der Waals surface area contributed by atoms with Crippen molar-refractivity contribution < 1.29 is 0 Å². The fourth-order valence-electron chi connectivity index (χ4n) is 2.59. The fourth-order valence-corrected chi connectivity index (χ4v) is 2.59. The highest BCUT2D eigenvalue weighted by atomic mass is 15.2. The Morgan fingerprint density at radius 3 is 2.68 bits per heavy atom. The maximum atomic E-state index is 4.18. The Morgan fingerprint density at radius 2 is 2.11 bits per heavy atom. The van der Waals surface area contributed by atoms with Crippen LogP contribution in [0, 0.1) is 13.8 Å². The van der Waals surface area contributed by atoms with Gasteiger partial charge in [0.25, 0.3) is 0 Å². The standard InChI is InChI=1S/C15H24N4/c1-5-19-12(2)8-15(13(19)3)10-16-7-6-14-9-17-18(4)11-14/h8-9,11,16H,5-7,10H2,1-4H3. The van der Waals surface area contributed by atoms with Crippen LogP contribution < -0.4 is 5.32 Å². The smallest absolute Gasteiger partial charge is 0.0522 e. The van der Waals surface area contributed by atoms with Crippen LogP contribution in [0.4, 0.5) is 0 Å². The zero-order valence-electron chi connectivity index (χ0n) is 12.4. The first-order chi connectivity index (χ1) is 9.11. The molecule has 2 rings (SSSR count). The third-order valence-corrected chi connectivity index (χ3v) is 3.66. The van der Waals surface area contributed by atoms with Gasteiger partial charge in [0.2, 0.25) is 0 Å². The minimum Gasteiger partial charge on any atom is -0.349 e. The first-order valence-corrected chi connectivity index (χ1v) is 6.95. The summed E-state index contributed by atoms with van der Waals surface area (Å²) in [5.74, 6) is 0. The molecule has 4 heteroatoms. The van der Waals surface area contributed by atoms with Crippen molar-refractivity contribution >= 4 is 0 Å². The van der Waals surface area contributed by atoms with Crippen molar-refractivity contribution in [3.63, 3.8) is 0 Å². The van der Waals surface area contributed by atoms with Crippen molar-refractivity contribution in [2.75, 3.05) is 6.54 Å². The molecule has 2 heterocycles. The molecule has 0 aromatic carbocycles. The fraction of sp³-hybridized carbons (Fsp3) is 0.533. The van der Waals surface area contributed by atoms with Gasteiger partial charge in [0, 0.05) is 37.7 Å². The molecule has 2 aromatic heterocycles. The van der Waals surface area contributed by atoms with E-state index in [0.29, 0.717) is 0 Å². The molecule has 104 valence electrons. The molecule has 4 nitrogen and oxygen atoms in total. The van der Waals surface area contributed by atoms with Gasteiger partial charge in [-0.2, -0.15) is 5.10 Å². The lowest BCUT2D eigenvalue weighted by molar-refractivity contribution is 0.672. The van der Waals surface area contributed by atoms with Crippen molar-refractivity contribution in [3.05, 3.63) is 41.0 Å². The topological polar surface area (TPSA) is 34.8 Å². The molecule has 0 saturated carbocycles. The normalized spacial score (nSPS) is 11.2. The molecule has 0 fully saturated rings. The molecule has 0 spiro atoms. The highest BCUT2D eigenvalue weighted by Crippen LogP contribution is 2.14. The summed E-state index contributed by atoms with van der Waals surface area (Å²) >= 11 is 0. The molecule has 2 aromatic rings. The summed E-state index contributed by atoms with van der Waals surface area (Å²) in [6.07, 6.45) is 5.04. The van der Waals surface area contributed by atoms with Crippen LogP contribution in [0.15, 0.2) is 18.5 Å². The predicted octanol–water partition coefficient (Wildman–Crippen LogP) is 2.19. The Morgan fingerprint density at radius 1 is 1.32 bits per heavy atom. The Hall–Kier alpha value is -1.55. The van der Waals surface area contributed by atoms with Gasteiger partial charge in [-0.3, -0.25) is 4.68 Å². The van der Waals surface area contributed by atoms with Crippen LogP contribution in [0.3, 0.4) is 0 Å². The van der Waals surface area contributed by atoms with E-state index in [0.717, 1.165) is 26.1 Å². The van der Waals surface area contributed by atoms with E-state index in [4.69, 9.17) is 0 Å². The summed E-state index contributed by atoms with van der Waals surface area (Å²) < 4.78 is 4.21. The molecule has 0 saturated heterocycles. The van der Waals surface area contributed by atoms with E-state index < -0.39 is 0 Å². The van der Waals surface area contributed by atoms with Crippen molar-refractivity contribution in [3.8, 4) is 0 Å². The summed E-state index contributed by atoms with van der Waals surface area (Å²) in [6.45, 7) is 9.55. The summed E-state index contributed by atoms with van der Waals surface area (Å²) in [5, 5.41) is 7.69. The maximum absolute atomic E-state index is 4.18. The number of rotatable bonds is 6. The molecule has 0 aliphatic carbocycles. The molecule has 19 heavy (non-hydrogen) atoms. The summed E-state index contributed by atoms with van der Waals surface area (Å²) in [7, 11) is 1.95. The lowest BCUT2D eigenvalue weighted by Gasteiger charge is -2.07. The van der Waals surface area contributed by atoms with Crippen LogP contribution in [0.25, 0.3) is 0 Å². The van der Waals surface area contributed by atoms with Crippen molar-refractivity contribution in [1.82, 2.24) is 19.7 Å². The maximum Gasteiger partial charge on any atom is 0.0522 e. The predicted molar refractivity (Wildman–Crippen MR) is 78.2 cm³/mol. The largest absolute Gasteiger partial charge is 0.349 e. The zero-order valence-corrected chi connectivity index (χ0v) is 12.4. The van der Waals surface area contributed by atoms with Gasteiger partial charge in [-0.1, -0.05) is 0 Å². The molecule has 0 aliphatic heterocycles. The lowest BCUT2D eigenvalue weighted by Crippen LogP contribution is -2.17. The molecule has 0 bridgehead atoms. The minimum atomic E-state index is 0.944. The summed E-state index contributed by atoms with van der Waals surface area (Å²) in [5.41, 5.74) is 5.43. The van der Waals surface area contributed by atoms with Gasteiger partial charge in [0.1, 0.15) is 0 Å². The van der Waals surface area contributed by atoms with Crippen LogP contribution in [-0.4, -0.2) is 20.9 Å². The second-order valence-electron chi connectivity index (χ2n) is 5.09. The van der Waals surface area contributed by atoms with E-state index in [-0.39, 0.29) is 0 Å². The molecule has 0 radical (unpaired) electrons. The number of nitrogens with zero attached hydrogens (tertiary/aromatic N) is 3. The van der Waals surface area contributed by atoms with Gasteiger partial charge in [-0.25, -0.2) is 0 Å². The van der Waals surface area contributed by atoms with Gasteiger partial charge < -0.3 is 9.88 Å². The van der Waals surface area contributed by atoms with Gasteiger partial charge in [-0.05, 0) is 50.9 Å². The van der Waals surface area contributed by atoms with Crippen molar-refractivity contribution in [2.24, 2.45) is 7.05 Å². The van der Waals surface area contributed by atoms with E-state index in [2.05, 4.69) is 48.0 Å². The van der Waals surface area contributed by atoms with E-state index in [1.54, 1.807) is 0 Å². The van der Waals surface area contributed by atoms with Gasteiger partial charge in [0.05, 0.1) is 6.20 Å². The van der Waals surface area contributed by atoms with Gasteiger partial charge in [0.15, 0.2) is 0 Å². The quantitative estimate of drug-likeness (QED) is 0.808. The van der Waals surface area contributed by atoms with E-state index in [9.17, 15) is 0 Å². The average Bonchev–Trinajstić information content (AvgIpc) is 2.90. The van der Waals surface area contributed by atoms with Crippen molar-refractivity contribution in [2.45, 2.75) is 40.3 Å². The number of hydrogen-bond donors (Lipinski definition) is 1. The molecular formula is C15H24N4. The van der Waals surface area contributed by atoms with E-state index in [1.807, 2.05) is 17.9 Å². The monoisotopic (exact) mass is 260 g/mol. The molecule has 0 aliphatic rings. The minimum absolute atomic E-state index is 0.944. The second-order valence-corrected chi connectivity index (χ2v) is 5.09. The van der Waals surface area contributed by atoms with E-state index in [1.165, 1.54) is 22.5 Å². The zero-order chi connectivity index (χ0) is 13.8. The third kappa shape index (κ3) is 3.26. The molecular weight excluding hydrogens is 236 g/mol. The summed E-state index contributed by atoms with van der Waals surface area (Å²) in [6, 6.07) is 2.29. The Balaban J connectivity index is 1.83. The highest BCUT2D eigenvalue weighted by Gasteiger charge is 2.06. The first kappa shape index (κ1) is 13.9. The van der Waals surface area contributed by atoms with Crippen LogP contribution >= 0.6 is 0 Å². The number of aromatic nitrogens is 3. The van der Waals surface area contributed by atoms with Crippen LogP contribution in [0.1, 0.15) is 29.4 Å². The van der Waals surface area contributed by atoms with Crippen LogP contribution in [0.5, 0.6) is 0 Å². The third-order valence-electron chi connectivity index (χ3n) is 3.66. The molecule has 0 unspecified atom stereocenters.